The zero-order valence-corrected chi connectivity index (χ0v) is 11.0. The number of aliphatic hydroxyl groups is 1. The molecule has 1 atom stereocenters. The summed E-state index contributed by atoms with van der Waals surface area (Å²) in [4.78, 5) is 4.27. The van der Waals surface area contributed by atoms with Crippen molar-refractivity contribution in [3.8, 4) is 0 Å². The first-order valence-electron chi connectivity index (χ1n) is 6.96. The van der Waals surface area contributed by atoms with Gasteiger partial charge >= 0.3 is 0 Å². The molecule has 0 amide bonds. The van der Waals surface area contributed by atoms with Crippen molar-refractivity contribution in [2.24, 2.45) is 11.7 Å². The monoisotopic (exact) mass is 253 g/mol. The summed E-state index contributed by atoms with van der Waals surface area (Å²) in [6.45, 7) is 2.36. The average molecular weight is 253 g/mol. The van der Waals surface area contributed by atoms with Crippen molar-refractivity contribution in [2.75, 3.05) is 6.54 Å². The molecule has 0 radical (unpaired) electrons. The largest absolute Gasteiger partial charge is 0.382 e. The van der Waals surface area contributed by atoms with Crippen LogP contribution in [-0.2, 0) is 0 Å². The molecule has 0 aliphatic heterocycles. The van der Waals surface area contributed by atoms with Crippen molar-refractivity contribution in [1.29, 1.82) is 0 Å². The number of hydrogen-bond donors (Lipinski definition) is 2. The predicted molar refractivity (Wildman–Crippen MR) is 67.9 cm³/mol. The summed E-state index contributed by atoms with van der Waals surface area (Å²) in [6.07, 6.45) is 6.53. The Hall–Kier alpha value is -0.940. The molecule has 18 heavy (non-hydrogen) atoms. The fourth-order valence-electron chi connectivity index (χ4n) is 2.77. The molecule has 1 aromatic rings. The van der Waals surface area contributed by atoms with E-state index in [0.29, 0.717) is 5.92 Å². The molecule has 0 spiro atoms. The molecule has 1 heterocycles. The van der Waals surface area contributed by atoms with Crippen LogP contribution in [-0.4, -0.2) is 21.8 Å². The van der Waals surface area contributed by atoms with E-state index in [1.54, 1.807) is 0 Å². The van der Waals surface area contributed by atoms with Gasteiger partial charge in [0, 0.05) is 12.5 Å². The predicted octanol–water partition coefficient (Wildman–Crippen LogP) is 2.14. The topological polar surface area (TPSA) is 85.2 Å². The molecular formula is C13H23N3O2. The molecule has 0 aromatic carbocycles. The van der Waals surface area contributed by atoms with Gasteiger partial charge in [0.15, 0.2) is 5.82 Å². The lowest BCUT2D eigenvalue weighted by Crippen LogP contribution is -2.15. The second-order valence-electron chi connectivity index (χ2n) is 5.25. The smallest absolute Gasteiger partial charge is 0.256 e. The van der Waals surface area contributed by atoms with Crippen LogP contribution >= 0.6 is 0 Å². The van der Waals surface area contributed by atoms with E-state index in [-0.39, 0.29) is 12.4 Å². The van der Waals surface area contributed by atoms with Crippen LogP contribution in [0.2, 0.25) is 0 Å². The standard InChI is InChI=1S/C13H23N3O2/c1-2-3-9-4-6-10(7-5-9)12-15-13(18-16-12)11(17)8-14/h9-11,17H,2-8,14H2,1H3/t9?,10?,11-/m0/s1. The van der Waals surface area contributed by atoms with Gasteiger partial charge in [-0.15, -0.1) is 0 Å². The lowest BCUT2D eigenvalue weighted by Gasteiger charge is -2.26. The minimum atomic E-state index is -0.831. The highest BCUT2D eigenvalue weighted by Gasteiger charge is 2.26. The van der Waals surface area contributed by atoms with Crippen LogP contribution in [0.1, 0.15) is 69.2 Å². The second-order valence-corrected chi connectivity index (χ2v) is 5.25. The van der Waals surface area contributed by atoms with E-state index in [1.165, 1.54) is 25.7 Å². The molecule has 0 unspecified atom stereocenters. The van der Waals surface area contributed by atoms with Gasteiger partial charge in [0.2, 0.25) is 0 Å². The van der Waals surface area contributed by atoms with E-state index in [2.05, 4.69) is 17.1 Å². The van der Waals surface area contributed by atoms with Gasteiger partial charge in [0.1, 0.15) is 6.10 Å². The Kier molecular flexibility index (Phi) is 4.72. The quantitative estimate of drug-likeness (QED) is 0.839. The first kappa shape index (κ1) is 13.5. The maximum absolute atomic E-state index is 9.53. The molecule has 1 fully saturated rings. The van der Waals surface area contributed by atoms with Crippen molar-refractivity contribution in [2.45, 2.75) is 57.5 Å². The molecule has 5 nitrogen and oxygen atoms in total. The summed E-state index contributed by atoms with van der Waals surface area (Å²) >= 11 is 0. The van der Waals surface area contributed by atoms with Crippen LogP contribution in [0.3, 0.4) is 0 Å². The third-order valence-electron chi connectivity index (χ3n) is 3.87. The van der Waals surface area contributed by atoms with Crippen LogP contribution in [0, 0.1) is 5.92 Å². The number of nitrogens with two attached hydrogens (primary N) is 1. The molecule has 5 heteroatoms. The van der Waals surface area contributed by atoms with E-state index in [0.717, 1.165) is 24.6 Å². The Morgan fingerprint density at radius 2 is 2.11 bits per heavy atom. The summed E-state index contributed by atoms with van der Waals surface area (Å²) in [5, 5.41) is 13.5. The van der Waals surface area contributed by atoms with E-state index in [4.69, 9.17) is 10.3 Å². The molecule has 0 bridgehead atoms. The van der Waals surface area contributed by atoms with Crippen LogP contribution in [0.5, 0.6) is 0 Å². The summed E-state index contributed by atoms with van der Waals surface area (Å²) in [7, 11) is 0. The van der Waals surface area contributed by atoms with Gasteiger partial charge < -0.3 is 15.4 Å². The summed E-state index contributed by atoms with van der Waals surface area (Å²) in [5.41, 5.74) is 5.37. The third kappa shape index (κ3) is 3.09. The highest BCUT2D eigenvalue weighted by molar-refractivity contribution is 4.99. The zero-order valence-electron chi connectivity index (χ0n) is 11.0. The number of rotatable bonds is 5. The van der Waals surface area contributed by atoms with Crippen molar-refractivity contribution in [3.63, 3.8) is 0 Å². The van der Waals surface area contributed by atoms with E-state index in [9.17, 15) is 5.11 Å². The number of aromatic nitrogens is 2. The summed E-state index contributed by atoms with van der Waals surface area (Å²) < 4.78 is 5.05. The number of nitrogens with zero attached hydrogens (tertiary/aromatic N) is 2. The Balaban J connectivity index is 1.91. The third-order valence-corrected chi connectivity index (χ3v) is 3.87. The molecule has 1 saturated carbocycles. The first-order valence-corrected chi connectivity index (χ1v) is 6.96. The average Bonchev–Trinajstić information content (AvgIpc) is 2.89. The van der Waals surface area contributed by atoms with Gasteiger partial charge in [-0.05, 0) is 31.6 Å². The van der Waals surface area contributed by atoms with Gasteiger partial charge in [0.25, 0.3) is 5.89 Å². The van der Waals surface area contributed by atoms with E-state index in [1.807, 2.05) is 0 Å². The molecule has 1 aliphatic rings. The van der Waals surface area contributed by atoms with Crippen LogP contribution < -0.4 is 5.73 Å². The molecule has 2 rings (SSSR count). The van der Waals surface area contributed by atoms with Gasteiger partial charge in [0.05, 0.1) is 0 Å². The molecule has 0 saturated heterocycles. The van der Waals surface area contributed by atoms with Gasteiger partial charge in [-0.25, -0.2) is 0 Å². The highest BCUT2D eigenvalue weighted by atomic mass is 16.5. The molecule has 1 aliphatic carbocycles. The molecule has 1 aromatic heterocycles. The fraction of sp³-hybridized carbons (Fsp3) is 0.846. The Labute approximate surface area is 108 Å². The SMILES string of the molecule is CCCC1CCC(c2noc([C@@H](O)CN)n2)CC1. The molecule has 3 N–H and O–H groups in total. The van der Waals surface area contributed by atoms with Crippen molar-refractivity contribution in [3.05, 3.63) is 11.7 Å². The summed E-state index contributed by atoms with van der Waals surface area (Å²) in [6, 6.07) is 0. The molecule has 102 valence electrons. The Bertz CT molecular complexity index is 359. The maximum atomic E-state index is 9.53. The van der Waals surface area contributed by atoms with Crippen molar-refractivity contribution in [1.82, 2.24) is 10.1 Å². The fourth-order valence-corrected chi connectivity index (χ4v) is 2.77. The van der Waals surface area contributed by atoms with Crippen molar-refractivity contribution < 1.29 is 9.63 Å². The second kappa shape index (κ2) is 6.29. The van der Waals surface area contributed by atoms with Gasteiger partial charge in [-0.1, -0.05) is 24.9 Å². The van der Waals surface area contributed by atoms with Gasteiger partial charge in [-0.3, -0.25) is 0 Å². The first-order chi connectivity index (χ1) is 8.74. The number of hydrogen-bond acceptors (Lipinski definition) is 5. The van der Waals surface area contributed by atoms with Crippen LogP contribution in [0.4, 0.5) is 0 Å². The minimum Gasteiger partial charge on any atom is -0.382 e. The molecular weight excluding hydrogens is 230 g/mol. The highest BCUT2D eigenvalue weighted by Crippen LogP contribution is 2.36. The van der Waals surface area contributed by atoms with E-state index < -0.39 is 6.10 Å². The lowest BCUT2D eigenvalue weighted by molar-refractivity contribution is 0.141. The van der Waals surface area contributed by atoms with Gasteiger partial charge in [-0.2, -0.15) is 4.98 Å². The Morgan fingerprint density at radius 1 is 1.39 bits per heavy atom. The van der Waals surface area contributed by atoms with Crippen LogP contribution in [0.15, 0.2) is 4.52 Å². The number of aliphatic hydroxyl groups excluding tert-OH is 1. The van der Waals surface area contributed by atoms with E-state index >= 15 is 0 Å². The minimum absolute atomic E-state index is 0.116. The lowest BCUT2D eigenvalue weighted by atomic mass is 9.80. The normalized spacial score (nSPS) is 26.2. The van der Waals surface area contributed by atoms with Crippen molar-refractivity contribution >= 4 is 0 Å². The van der Waals surface area contributed by atoms with Crippen LogP contribution in [0.25, 0.3) is 0 Å². The summed E-state index contributed by atoms with van der Waals surface area (Å²) in [5.74, 6) is 2.25. The Morgan fingerprint density at radius 3 is 2.72 bits per heavy atom. The maximum Gasteiger partial charge on any atom is 0.256 e. The zero-order chi connectivity index (χ0) is 13.0.